The lowest BCUT2D eigenvalue weighted by Gasteiger charge is -2.17. The maximum atomic E-state index is 13.0. The van der Waals surface area contributed by atoms with Crippen LogP contribution >= 0.6 is 0 Å². The predicted octanol–water partition coefficient (Wildman–Crippen LogP) is 3.16. The number of amides is 1. The van der Waals surface area contributed by atoms with Crippen LogP contribution in [0.1, 0.15) is 23.3 Å². The zero-order valence-electron chi connectivity index (χ0n) is 15.3. The van der Waals surface area contributed by atoms with E-state index in [9.17, 15) is 9.59 Å². The van der Waals surface area contributed by atoms with Crippen LogP contribution in [-0.4, -0.2) is 47.3 Å². The minimum Gasteiger partial charge on any atom is -0.469 e. The average molecular weight is 367 g/mol. The van der Waals surface area contributed by atoms with Gasteiger partial charge in [-0.2, -0.15) is 5.10 Å². The number of para-hydroxylation sites is 1. The highest BCUT2D eigenvalue weighted by Gasteiger charge is 2.21. The van der Waals surface area contributed by atoms with Gasteiger partial charge in [0.05, 0.1) is 19.1 Å². The van der Waals surface area contributed by atoms with E-state index in [0.717, 1.165) is 5.69 Å². The van der Waals surface area contributed by atoms with Gasteiger partial charge in [-0.25, -0.2) is 4.68 Å². The molecule has 140 valence electrons. The molecular weight excluding hydrogens is 346 g/mol. The fourth-order valence-corrected chi connectivity index (χ4v) is 2.70. The van der Waals surface area contributed by atoms with Crippen LogP contribution in [0.5, 0.6) is 0 Å². The minimum atomic E-state index is -0.287. The van der Waals surface area contributed by atoms with Crippen molar-refractivity contribution in [1.29, 1.82) is 0 Å². The number of esters is 1. The number of hydrogen-bond donors (Lipinski definition) is 0. The van der Waals surface area contributed by atoms with Gasteiger partial charge in [0, 0.05) is 26.1 Å². The first-order valence-corrected chi connectivity index (χ1v) is 8.62. The molecule has 27 heavy (non-hydrogen) atoms. The maximum Gasteiger partial charge on any atom is 0.305 e. The number of rotatable bonds is 7. The molecule has 0 saturated carbocycles. The number of carbonyl (C=O) groups excluding carboxylic acids is 2. The lowest BCUT2D eigenvalue weighted by Crippen LogP contribution is -2.30. The lowest BCUT2D eigenvalue weighted by atomic mass is 10.2. The molecule has 1 aromatic carbocycles. The lowest BCUT2D eigenvalue weighted by molar-refractivity contribution is -0.140. The Bertz CT molecular complexity index is 901. The number of carbonyl (C=O) groups is 2. The third-order valence-corrected chi connectivity index (χ3v) is 4.15. The van der Waals surface area contributed by atoms with Crippen molar-refractivity contribution in [3.05, 3.63) is 60.5 Å². The molecule has 0 spiro atoms. The van der Waals surface area contributed by atoms with Gasteiger partial charge in [0.15, 0.2) is 5.76 Å². The highest BCUT2D eigenvalue weighted by Crippen LogP contribution is 2.23. The van der Waals surface area contributed by atoms with Gasteiger partial charge in [-0.3, -0.25) is 9.59 Å². The summed E-state index contributed by atoms with van der Waals surface area (Å²) in [7, 11) is 3.06. The summed E-state index contributed by atoms with van der Waals surface area (Å²) in [4.78, 5) is 25.8. The van der Waals surface area contributed by atoms with Crippen molar-refractivity contribution in [3.8, 4) is 17.1 Å². The molecule has 7 heteroatoms. The summed E-state index contributed by atoms with van der Waals surface area (Å²) in [6, 6.07) is 14.7. The van der Waals surface area contributed by atoms with Gasteiger partial charge >= 0.3 is 5.97 Å². The molecule has 2 aromatic heterocycles. The van der Waals surface area contributed by atoms with Crippen LogP contribution in [0, 0.1) is 0 Å². The molecule has 3 aromatic rings. The van der Waals surface area contributed by atoms with Gasteiger partial charge in [0.2, 0.25) is 0 Å². The van der Waals surface area contributed by atoms with Crippen molar-refractivity contribution in [2.24, 2.45) is 0 Å². The summed E-state index contributed by atoms with van der Waals surface area (Å²) >= 11 is 0. The van der Waals surface area contributed by atoms with Gasteiger partial charge in [0.25, 0.3) is 5.91 Å². The zero-order valence-corrected chi connectivity index (χ0v) is 15.3. The Hall–Kier alpha value is -3.35. The Morgan fingerprint density at radius 1 is 1.19 bits per heavy atom. The SMILES string of the molecule is COC(=O)CCCN(C)C(=O)c1cc(-c2ccco2)nn1-c1ccccc1. The highest BCUT2D eigenvalue weighted by atomic mass is 16.5. The Morgan fingerprint density at radius 2 is 1.96 bits per heavy atom. The topological polar surface area (TPSA) is 77.6 Å². The maximum absolute atomic E-state index is 13.0. The van der Waals surface area contributed by atoms with Crippen LogP contribution in [0.15, 0.2) is 59.2 Å². The van der Waals surface area contributed by atoms with Gasteiger partial charge < -0.3 is 14.1 Å². The van der Waals surface area contributed by atoms with Crippen molar-refractivity contribution in [1.82, 2.24) is 14.7 Å². The molecule has 2 heterocycles. The van der Waals surface area contributed by atoms with Gasteiger partial charge in [-0.15, -0.1) is 0 Å². The number of methoxy groups -OCH3 is 1. The molecule has 0 bridgehead atoms. The Morgan fingerprint density at radius 3 is 2.63 bits per heavy atom. The molecular formula is C20H21N3O4. The number of ether oxygens (including phenoxy) is 1. The smallest absolute Gasteiger partial charge is 0.305 e. The molecule has 0 saturated heterocycles. The molecule has 3 rings (SSSR count). The van der Waals surface area contributed by atoms with Gasteiger partial charge in [0.1, 0.15) is 11.4 Å². The van der Waals surface area contributed by atoms with Crippen molar-refractivity contribution >= 4 is 11.9 Å². The van der Waals surface area contributed by atoms with Crippen LogP contribution < -0.4 is 0 Å². The second-order valence-corrected chi connectivity index (χ2v) is 6.05. The van der Waals surface area contributed by atoms with E-state index in [-0.39, 0.29) is 18.3 Å². The van der Waals surface area contributed by atoms with Crippen LogP contribution in [0.2, 0.25) is 0 Å². The molecule has 0 atom stereocenters. The van der Waals surface area contributed by atoms with E-state index >= 15 is 0 Å². The first-order valence-electron chi connectivity index (χ1n) is 8.62. The Labute approximate surface area is 157 Å². The summed E-state index contributed by atoms with van der Waals surface area (Å²) in [5.41, 5.74) is 1.78. The van der Waals surface area contributed by atoms with Crippen molar-refractivity contribution in [2.45, 2.75) is 12.8 Å². The van der Waals surface area contributed by atoms with E-state index in [1.165, 1.54) is 7.11 Å². The second kappa shape index (κ2) is 8.35. The van der Waals surface area contributed by atoms with E-state index in [0.29, 0.717) is 30.1 Å². The first-order chi connectivity index (χ1) is 13.1. The molecule has 0 unspecified atom stereocenters. The summed E-state index contributed by atoms with van der Waals surface area (Å²) < 4.78 is 11.7. The van der Waals surface area contributed by atoms with Crippen molar-refractivity contribution < 1.29 is 18.7 Å². The Balaban J connectivity index is 1.86. The molecule has 0 fully saturated rings. The third kappa shape index (κ3) is 4.25. The molecule has 0 aliphatic heterocycles. The molecule has 0 radical (unpaired) electrons. The summed E-state index contributed by atoms with van der Waals surface area (Å²) in [6.45, 7) is 0.435. The van der Waals surface area contributed by atoms with Crippen LogP contribution in [-0.2, 0) is 9.53 Å². The Kier molecular flexibility index (Phi) is 5.71. The number of benzene rings is 1. The van der Waals surface area contributed by atoms with Crippen molar-refractivity contribution in [2.75, 3.05) is 20.7 Å². The monoisotopic (exact) mass is 367 g/mol. The fraction of sp³-hybridized carbons (Fsp3) is 0.250. The minimum absolute atomic E-state index is 0.186. The first kappa shape index (κ1) is 18.4. The summed E-state index contributed by atoms with van der Waals surface area (Å²) in [5.74, 6) is 0.117. The molecule has 0 N–H and O–H groups in total. The molecule has 0 aliphatic carbocycles. The number of hydrogen-bond acceptors (Lipinski definition) is 5. The average Bonchev–Trinajstić information content (AvgIpc) is 3.37. The standard InChI is InChI=1S/C20H21N3O4/c1-22(12-6-11-19(24)26-2)20(25)17-14-16(18-10-7-13-27-18)21-23(17)15-8-4-3-5-9-15/h3-5,7-10,13-14H,6,11-12H2,1-2H3. The van der Waals surface area contributed by atoms with E-state index in [1.807, 2.05) is 30.3 Å². The van der Waals surface area contributed by atoms with Crippen LogP contribution in [0.25, 0.3) is 17.1 Å². The third-order valence-electron chi connectivity index (χ3n) is 4.15. The van der Waals surface area contributed by atoms with E-state index in [1.54, 1.807) is 41.1 Å². The van der Waals surface area contributed by atoms with Crippen LogP contribution in [0.3, 0.4) is 0 Å². The fourth-order valence-electron chi connectivity index (χ4n) is 2.70. The normalized spacial score (nSPS) is 10.6. The van der Waals surface area contributed by atoms with Crippen molar-refractivity contribution in [3.63, 3.8) is 0 Å². The summed E-state index contributed by atoms with van der Waals surface area (Å²) in [6.07, 6.45) is 2.36. The number of aromatic nitrogens is 2. The van der Waals surface area contributed by atoms with E-state index < -0.39 is 0 Å². The summed E-state index contributed by atoms with van der Waals surface area (Å²) in [5, 5.41) is 4.55. The largest absolute Gasteiger partial charge is 0.469 e. The van der Waals surface area contributed by atoms with Gasteiger partial charge in [-0.05, 0) is 30.7 Å². The predicted molar refractivity (Wildman–Crippen MR) is 99.5 cm³/mol. The quantitative estimate of drug-likeness (QED) is 0.600. The van der Waals surface area contributed by atoms with Gasteiger partial charge in [-0.1, -0.05) is 18.2 Å². The van der Waals surface area contributed by atoms with Crippen LogP contribution in [0.4, 0.5) is 0 Å². The number of furan rings is 1. The molecule has 1 amide bonds. The zero-order chi connectivity index (χ0) is 19.2. The van der Waals surface area contributed by atoms with E-state index in [4.69, 9.17) is 4.42 Å². The highest BCUT2D eigenvalue weighted by molar-refractivity contribution is 5.94. The molecule has 0 aliphatic rings. The molecule has 7 nitrogen and oxygen atoms in total. The van der Waals surface area contributed by atoms with E-state index in [2.05, 4.69) is 9.84 Å². The number of nitrogens with zero attached hydrogens (tertiary/aromatic N) is 3. The second-order valence-electron chi connectivity index (χ2n) is 6.05.